The number of hydrogen-bond acceptors (Lipinski definition) is 7. The van der Waals surface area contributed by atoms with E-state index in [1.54, 1.807) is 35.7 Å². The van der Waals surface area contributed by atoms with Crippen molar-refractivity contribution in [3.63, 3.8) is 0 Å². The van der Waals surface area contributed by atoms with E-state index >= 15 is 0 Å². The van der Waals surface area contributed by atoms with Crippen LogP contribution in [0.5, 0.6) is 17.5 Å². The van der Waals surface area contributed by atoms with Crippen LogP contribution in [0.1, 0.15) is 6.92 Å². The second kappa shape index (κ2) is 10.1. The molecule has 0 aliphatic heterocycles. The molecule has 0 spiro atoms. The van der Waals surface area contributed by atoms with E-state index in [1.165, 1.54) is 0 Å². The molecule has 0 saturated heterocycles. The molecule has 0 unspecified atom stereocenters. The molecule has 9 heteroatoms. The lowest BCUT2D eigenvalue weighted by atomic mass is 10.3. The Balaban J connectivity index is 0.000000176. The van der Waals surface area contributed by atoms with E-state index in [-0.39, 0.29) is 0 Å². The normalized spacial score (nSPS) is 10.2. The Hall–Kier alpha value is -4.14. The van der Waals surface area contributed by atoms with Crippen molar-refractivity contribution in [2.75, 3.05) is 32.3 Å². The minimum absolute atomic E-state index is 0.494. The Kier molecular flexibility index (Phi) is 7.00. The van der Waals surface area contributed by atoms with Gasteiger partial charge in [0.2, 0.25) is 11.8 Å². The highest BCUT2D eigenvalue weighted by Gasteiger charge is 2.07. The number of methoxy groups -OCH3 is 2. The average molecular weight is 422 g/mol. The minimum atomic E-state index is 0.494. The number of anilines is 2. The summed E-state index contributed by atoms with van der Waals surface area (Å²) in [5, 5.41) is 8.42. The van der Waals surface area contributed by atoms with Crippen LogP contribution in [0.15, 0.2) is 66.7 Å². The highest BCUT2D eigenvalue weighted by Crippen LogP contribution is 2.21. The fourth-order valence-corrected chi connectivity index (χ4v) is 2.77. The van der Waals surface area contributed by atoms with Crippen molar-refractivity contribution in [3.8, 4) is 28.9 Å². The number of aromatic nitrogens is 4. The predicted octanol–water partition coefficient (Wildman–Crippen LogP) is 3.32. The molecule has 162 valence electrons. The van der Waals surface area contributed by atoms with Crippen LogP contribution in [0.3, 0.4) is 0 Å². The predicted molar refractivity (Wildman–Crippen MR) is 120 cm³/mol. The largest absolute Gasteiger partial charge is 0.497 e. The summed E-state index contributed by atoms with van der Waals surface area (Å²) >= 11 is 0. The van der Waals surface area contributed by atoms with Crippen molar-refractivity contribution in [1.82, 2.24) is 19.6 Å². The van der Waals surface area contributed by atoms with E-state index in [4.69, 9.17) is 25.7 Å². The lowest BCUT2D eigenvalue weighted by Gasteiger charge is -2.04. The van der Waals surface area contributed by atoms with Gasteiger partial charge in [-0.25, -0.2) is 9.36 Å². The Morgan fingerprint density at radius 1 is 0.742 bits per heavy atom. The Morgan fingerprint density at radius 2 is 1.29 bits per heavy atom. The molecule has 0 saturated carbocycles. The minimum Gasteiger partial charge on any atom is -0.497 e. The quantitative estimate of drug-likeness (QED) is 0.490. The van der Waals surface area contributed by atoms with Crippen LogP contribution >= 0.6 is 0 Å². The van der Waals surface area contributed by atoms with Gasteiger partial charge in [0.05, 0.1) is 32.2 Å². The molecule has 4 N–H and O–H groups in total. The number of ether oxygens (including phenoxy) is 3. The van der Waals surface area contributed by atoms with Gasteiger partial charge in [-0.2, -0.15) is 0 Å². The summed E-state index contributed by atoms with van der Waals surface area (Å²) in [6.45, 7) is 2.50. The van der Waals surface area contributed by atoms with E-state index in [1.807, 2.05) is 61.5 Å². The van der Waals surface area contributed by atoms with Gasteiger partial charge in [-0.15, -0.1) is 10.2 Å². The SMILES string of the molecule is CCOc1cc(N)n(-c2ccccc2)n1.COc1ccc(-n2nc(OC)cc2N)cc1. The topological polar surface area (TPSA) is 115 Å². The summed E-state index contributed by atoms with van der Waals surface area (Å²) in [5.74, 6) is 2.94. The van der Waals surface area contributed by atoms with Crippen LogP contribution in [0.2, 0.25) is 0 Å². The average Bonchev–Trinajstić information content (AvgIpc) is 3.37. The standard InChI is InChI=1S/C11H13N3O2.C11H13N3O/c1-15-9-5-3-8(4-6-9)14-10(12)7-11(13-14)16-2;1-2-15-11-8-10(12)14(13-11)9-6-4-3-5-7-9/h3-7H,12H2,1-2H3;3-8H,2,12H2,1H3. The maximum Gasteiger partial charge on any atom is 0.235 e. The second-order valence-corrected chi connectivity index (χ2v) is 6.31. The Morgan fingerprint density at radius 3 is 1.81 bits per heavy atom. The summed E-state index contributed by atoms with van der Waals surface area (Å²) in [7, 11) is 3.18. The number of nitrogens with zero attached hydrogens (tertiary/aromatic N) is 4. The highest BCUT2D eigenvalue weighted by molar-refractivity contribution is 5.46. The van der Waals surface area contributed by atoms with E-state index in [2.05, 4.69) is 10.2 Å². The molecule has 2 aromatic carbocycles. The number of para-hydroxylation sites is 1. The first-order valence-corrected chi connectivity index (χ1v) is 9.63. The van der Waals surface area contributed by atoms with Gasteiger partial charge in [0.15, 0.2) is 0 Å². The zero-order valence-electron chi connectivity index (χ0n) is 17.7. The first kappa shape index (κ1) is 21.6. The van der Waals surface area contributed by atoms with Crippen molar-refractivity contribution < 1.29 is 14.2 Å². The summed E-state index contributed by atoms with van der Waals surface area (Å²) in [6.07, 6.45) is 0. The molecule has 2 heterocycles. The zero-order chi connectivity index (χ0) is 22.2. The van der Waals surface area contributed by atoms with Crippen molar-refractivity contribution in [1.29, 1.82) is 0 Å². The summed E-state index contributed by atoms with van der Waals surface area (Å²) in [5.41, 5.74) is 13.4. The zero-order valence-corrected chi connectivity index (χ0v) is 17.7. The van der Waals surface area contributed by atoms with E-state index in [0.717, 1.165) is 17.1 Å². The number of nitrogen functional groups attached to an aromatic ring is 2. The Bertz CT molecular complexity index is 1090. The molecular weight excluding hydrogens is 396 g/mol. The van der Waals surface area contributed by atoms with Crippen LogP contribution < -0.4 is 25.7 Å². The molecular formula is C22H26N6O3. The third-order valence-corrected chi connectivity index (χ3v) is 4.25. The van der Waals surface area contributed by atoms with Gasteiger partial charge in [-0.3, -0.25) is 0 Å². The first-order chi connectivity index (χ1) is 15.0. The third kappa shape index (κ3) is 5.27. The molecule has 0 amide bonds. The maximum atomic E-state index is 5.82. The van der Waals surface area contributed by atoms with Gasteiger partial charge >= 0.3 is 0 Å². The van der Waals surface area contributed by atoms with Gasteiger partial charge < -0.3 is 25.7 Å². The highest BCUT2D eigenvalue weighted by atomic mass is 16.5. The molecule has 0 aliphatic rings. The van der Waals surface area contributed by atoms with E-state index in [0.29, 0.717) is 30.0 Å². The molecule has 0 fully saturated rings. The summed E-state index contributed by atoms with van der Waals surface area (Å²) in [4.78, 5) is 0. The molecule has 31 heavy (non-hydrogen) atoms. The molecule has 0 radical (unpaired) electrons. The van der Waals surface area contributed by atoms with Crippen LogP contribution in [0, 0.1) is 0 Å². The molecule has 0 aliphatic carbocycles. The molecule has 2 aromatic heterocycles. The van der Waals surface area contributed by atoms with Crippen molar-refractivity contribution in [2.24, 2.45) is 0 Å². The summed E-state index contributed by atoms with van der Waals surface area (Å²) in [6, 6.07) is 20.6. The van der Waals surface area contributed by atoms with Gasteiger partial charge in [-0.05, 0) is 43.3 Å². The van der Waals surface area contributed by atoms with Gasteiger partial charge in [0.25, 0.3) is 0 Å². The van der Waals surface area contributed by atoms with Gasteiger partial charge in [0.1, 0.15) is 17.4 Å². The molecule has 4 rings (SSSR count). The number of nitrogens with two attached hydrogens (primary N) is 2. The first-order valence-electron chi connectivity index (χ1n) is 9.63. The van der Waals surface area contributed by atoms with Crippen LogP contribution in [0.25, 0.3) is 11.4 Å². The molecule has 9 nitrogen and oxygen atoms in total. The number of benzene rings is 2. The second-order valence-electron chi connectivity index (χ2n) is 6.31. The van der Waals surface area contributed by atoms with Crippen LogP contribution in [-0.2, 0) is 0 Å². The lowest BCUT2D eigenvalue weighted by Crippen LogP contribution is -2.01. The Labute approximate surface area is 180 Å². The van der Waals surface area contributed by atoms with E-state index < -0.39 is 0 Å². The number of hydrogen-bond donors (Lipinski definition) is 2. The number of rotatable bonds is 6. The van der Waals surface area contributed by atoms with Crippen molar-refractivity contribution in [2.45, 2.75) is 6.92 Å². The van der Waals surface area contributed by atoms with Crippen LogP contribution in [0.4, 0.5) is 11.6 Å². The molecule has 0 bridgehead atoms. The lowest BCUT2D eigenvalue weighted by molar-refractivity contribution is 0.324. The van der Waals surface area contributed by atoms with E-state index in [9.17, 15) is 0 Å². The molecule has 0 atom stereocenters. The molecule has 4 aromatic rings. The van der Waals surface area contributed by atoms with Crippen LogP contribution in [-0.4, -0.2) is 40.4 Å². The third-order valence-electron chi connectivity index (χ3n) is 4.25. The smallest absolute Gasteiger partial charge is 0.235 e. The summed E-state index contributed by atoms with van der Waals surface area (Å²) < 4.78 is 18.6. The monoisotopic (exact) mass is 422 g/mol. The van der Waals surface area contributed by atoms with Crippen molar-refractivity contribution >= 4 is 11.6 Å². The van der Waals surface area contributed by atoms with Gasteiger partial charge in [-0.1, -0.05) is 18.2 Å². The fraction of sp³-hybridized carbons (Fsp3) is 0.182. The van der Waals surface area contributed by atoms with Crippen molar-refractivity contribution in [3.05, 3.63) is 66.7 Å². The van der Waals surface area contributed by atoms with Gasteiger partial charge in [0, 0.05) is 12.1 Å². The maximum absolute atomic E-state index is 5.82. The fourth-order valence-electron chi connectivity index (χ4n) is 2.77.